The summed E-state index contributed by atoms with van der Waals surface area (Å²) in [7, 11) is 1.75. The lowest BCUT2D eigenvalue weighted by Gasteiger charge is -2.10. The lowest BCUT2D eigenvalue weighted by atomic mass is 10.2. The Bertz CT molecular complexity index is 907. The summed E-state index contributed by atoms with van der Waals surface area (Å²) in [5.74, 6) is -0.723. The molecule has 0 unspecified atom stereocenters. The lowest BCUT2D eigenvalue weighted by Crippen LogP contribution is -2.25. The molecule has 0 radical (unpaired) electrons. The second kappa shape index (κ2) is 4.66. The van der Waals surface area contributed by atoms with Gasteiger partial charge in [0.15, 0.2) is 5.78 Å². The van der Waals surface area contributed by atoms with Crippen molar-refractivity contribution in [3.05, 3.63) is 58.4 Å². The number of rotatable bonds is 2. The quantitative estimate of drug-likeness (QED) is 0.677. The number of pyridine rings is 1. The molecule has 0 aliphatic rings. The van der Waals surface area contributed by atoms with Crippen LogP contribution in [0.25, 0.3) is 16.9 Å². The van der Waals surface area contributed by atoms with Crippen molar-refractivity contribution in [2.45, 2.75) is 6.92 Å². The van der Waals surface area contributed by atoms with E-state index in [1.165, 1.54) is 41.8 Å². The van der Waals surface area contributed by atoms with Gasteiger partial charge in [-0.15, -0.1) is 0 Å². The van der Waals surface area contributed by atoms with Crippen LogP contribution in [0.4, 0.5) is 4.39 Å². The van der Waals surface area contributed by atoms with Gasteiger partial charge in [0, 0.05) is 7.05 Å². The molecule has 21 heavy (non-hydrogen) atoms. The molecule has 0 atom stereocenters. The van der Waals surface area contributed by atoms with Gasteiger partial charge < -0.3 is 4.57 Å². The van der Waals surface area contributed by atoms with Crippen LogP contribution in [0.3, 0.4) is 0 Å². The zero-order valence-corrected chi connectivity index (χ0v) is 11.5. The van der Waals surface area contributed by atoms with Crippen LogP contribution in [-0.2, 0) is 7.05 Å². The maximum Gasteiger partial charge on any atom is 0.267 e. The number of imidazole rings is 1. The molecular formula is C15H12FN3O2. The molecule has 0 saturated carbocycles. The average Bonchev–Trinajstić information content (AvgIpc) is 2.81. The number of nitrogens with zero attached hydrogens (tertiary/aromatic N) is 3. The van der Waals surface area contributed by atoms with E-state index >= 15 is 0 Å². The molecule has 0 amide bonds. The molecule has 0 bridgehead atoms. The molecule has 1 aromatic carbocycles. The van der Waals surface area contributed by atoms with E-state index in [-0.39, 0.29) is 11.3 Å². The average molecular weight is 285 g/mol. The number of benzene rings is 1. The van der Waals surface area contributed by atoms with Crippen molar-refractivity contribution >= 4 is 16.9 Å². The minimum absolute atomic E-state index is 0.0607. The van der Waals surface area contributed by atoms with E-state index in [0.29, 0.717) is 16.9 Å². The largest absolute Gasteiger partial charge is 0.319 e. The molecule has 6 heteroatoms. The minimum atomic E-state index is -0.440. The van der Waals surface area contributed by atoms with E-state index in [0.717, 1.165) is 0 Å². The highest BCUT2D eigenvalue weighted by molar-refractivity contribution is 5.96. The first kappa shape index (κ1) is 13.2. The summed E-state index contributed by atoms with van der Waals surface area (Å²) in [4.78, 5) is 28.4. The summed E-state index contributed by atoms with van der Waals surface area (Å²) < 4.78 is 16.1. The molecule has 2 aromatic heterocycles. The molecule has 3 aromatic rings. The third kappa shape index (κ3) is 2.05. The Labute approximate surface area is 119 Å². The van der Waals surface area contributed by atoms with Gasteiger partial charge in [0.1, 0.15) is 17.0 Å². The number of carbonyl (C=O) groups excluding carboxylic acids is 1. The number of ketones is 1. The van der Waals surface area contributed by atoms with Crippen molar-refractivity contribution in [1.82, 2.24) is 14.1 Å². The molecule has 0 N–H and O–H groups in total. The summed E-state index contributed by atoms with van der Waals surface area (Å²) >= 11 is 0. The minimum Gasteiger partial charge on any atom is -0.319 e. The summed E-state index contributed by atoms with van der Waals surface area (Å²) in [5.41, 5.74) is 1.19. The number of hydrogen-bond donors (Lipinski definition) is 0. The fourth-order valence-electron chi connectivity index (χ4n) is 2.31. The van der Waals surface area contributed by atoms with Gasteiger partial charge in [-0.25, -0.2) is 9.37 Å². The monoisotopic (exact) mass is 285 g/mol. The summed E-state index contributed by atoms with van der Waals surface area (Å²) in [6.45, 7) is 1.33. The summed E-state index contributed by atoms with van der Waals surface area (Å²) in [5, 5.41) is 0. The number of aryl methyl sites for hydroxylation is 1. The van der Waals surface area contributed by atoms with Crippen LogP contribution in [0.2, 0.25) is 0 Å². The van der Waals surface area contributed by atoms with Crippen molar-refractivity contribution in [3.63, 3.8) is 0 Å². The number of carbonyl (C=O) groups is 1. The van der Waals surface area contributed by atoms with E-state index in [1.807, 2.05) is 0 Å². The van der Waals surface area contributed by atoms with Gasteiger partial charge in [0.2, 0.25) is 0 Å². The molecule has 0 saturated heterocycles. The SMILES string of the molecule is CC(=O)c1cc2ncn(C)c2n(-c2ccc(F)cc2)c1=O. The fraction of sp³-hybridized carbons (Fsp3) is 0.133. The number of aromatic nitrogens is 3. The Kier molecular flexibility index (Phi) is 2.94. The highest BCUT2D eigenvalue weighted by Gasteiger charge is 2.16. The normalized spacial score (nSPS) is 11.0. The maximum atomic E-state index is 13.1. The number of Topliss-reactive ketones (excluding diaryl/α,β-unsaturated/α-hetero) is 1. The van der Waals surface area contributed by atoms with Crippen molar-refractivity contribution < 1.29 is 9.18 Å². The Morgan fingerprint density at radius 1 is 1.24 bits per heavy atom. The van der Waals surface area contributed by atoms with Gasteiger partial charge in [-0.3, -0.25) is 14.2 Å². The van der Waals surface area contributed by atoms with Crippen LogP contribution in [0, 0.1) is 5.82 Å². The molecule has 106 valence electrons. The van der Waals surface area contributed by atoms with Crippen LogP contribution in [-0.4, -0.2) is 19.9 Å². The van der Waals surface area contributed by atoms with Crippen molar-refractivity contribution in [2.75, 3.05) is 0 Å². The summed E-state index contributed by atoms with van der Waals surface area (Å²) in [6.07, 6.45) is 1.56. The molecule has 0 aliphatic heterocycles. The van der Waals surface area contributed by atoms with Gasteiger partial charge in [-0.1, -0.05) is 0 Å². The topological polar surface area (TPSA) is 56.9 Å². The van der Waals surface area contributed by atoms with Crippen LogP contribution in [0.1, 0.15) is 17.3 Å². The molecule has 0 spiro atoms. The van der Waals surface area contributed by atoms with E-state index in [9.17, 15) is 14.0 Å². The van der Waals surface area contributed by atoms with E-state index in [2.05, 4.69) is 4.98 Å². The van der Waals surface area contributed by atoms with Crippen LogP contribution in [0.5, 0.6) is 0 Å². The molecule has 0 fully saturated rings. The van der Waals surface area contributed by atoms with Crippen LogP contribution >= 0.6 is 0 Å². The third-order valence-corrected chi connectivity index (χ3v) is 3.32. The Morgan fingerprint density at radius 3 is 2.52 bits per heavy atom. The van der Waals surface area contributed by atoms with E-state index < -0.39 is 11.4 Å². The van der Waals surface area contributed by atoms with Crippen molar-refractivity contribution in [3.8, 4) is 5.69 Å². The van der Waals surface area contributed by atoms with E-state index in [4.69, 9.17) is 0 Å². The van der Waals surface area contributed by atoms with Crippen molar-refractivity contribution in [1.29, 1.82) is 0 Å². The number of halogens is 1. The van der Waals surface area contributed by atoms with Gasteiger partial charge in [0.05, 0.1) is 17.6 Å². The predicted molar refractivity (Wildman–Crippen MR) is 76.3 cm³/mol. The Balaban J connectivity index is 2.46. The first-order valence-corrected chi connectivity index (χ1v) is 6.33. The van der Waals surface area contributed by atoms with E-state index in [1.54, 1.807) is 17.9 Å². The molecule has 3 rings (SSSR count). The standard InChI is InChI=1S/C15H12FN3O2/c1-9(20)12-7-13-14(18(2)8-17-13)19(15(12)21)11-5-3-10(16)4-6-11/h3-8H,1-2H3. The van der Waals surface area contributed by atoms with Crippen molar-refractivity contribution in [2.24, 2.45) is 7.05 Å². The third-order valence-electron chi connectivity index (χ3n) is 3.32. The molecule has 5 nitrogen and oxygen atoms in total. The fourth-order valence-corrected chi connectivity index (χ4v) is 2.31. The highest BCUT2D eigenvalue weighted by atomic mass is 19.1. The zero-order chi connectivity index (χ0) is 15.1. The second-order valence-corrected chi connectivity index (χ2v) is 4.80. The van der Waals surface area contributed by atoms with Gasteiger partial charge >= 0.3 is 0 Å². The molecular weight excluding hydrogens is 273 g/mol. The Hall–Kier alpha value is -2.76. The zero-order valence-electron chi connectivity index (χ0n) is 11.5. The van der Waals surface area contributed by atoms with Crippen LogP contribution in [0.15, 0.2) is 41.5 Å². The molecule has 0 aliphatic carbocycles. The van der Waals surface area contributed by atoms with Gasteiger partial charge in [-0.05, 0) is 37.3 Å². The second-order valence-electron chi connectivity index (χ2n) is 4.80. The Morgan fingerprint density at radius 2 is 1.90 bits per heavy atom. The van der Waals surface area contributed by atoms with Crippen LogP contribution < -0.4 is 5.56 Å². The molecule has 2 heterocycles. The number of hydrogen-bond acceptors (Lipinski definition) is 3. The highest BCUT2D eigenvalue weighted by Crippen LogP contribution is 2.17. The summed E-state index contributed by atoms with van der Waals surface area (Å²) in [6, 6.07) is 7.01. The first-order chi connectivity index (χ1) is 9.99. The predicted octanol–water partition coefficient (Wildman–Crippen LogP) is 2.07. The lowest BCUT2D eigenvalue weighted by molar-refractivity contribution is 0.101. The first-order valence-electron chi connectivity index (χ1n) is 6.33. The smallest absolute Gasteiger partial charge is 0.267 e. The maximum absolute atomic E-state index is 13.1. The van der Waals surface area contributed by atoms with Gasteiger partial charge in [0.25, 0.3) is 5.56 Å². The van der Waals surface area contributed by atoms with Gasteiger partial charge in [-0.2, -0.15) is 0 Å². The number of fused-ring (bicyclic) bond motifs is 1.